The van der Waals surface area contributed by atoms with Crippen LogP contribution in [0, 0.1) is 17.7 Å². The first kappa shape index (κ1) is 19.2. The average Bonchev–Trinajstić information content (AvgIpc) is 3.43. The summed E-state index contributed by atoms with van der Waals surface area (Å²) in [5, 5.41) is 3.35. The van der Waals surface area contributed by atoms with E-state index in [2.05, 4.69) is 5.32 Å². The number of amides is 3. The van der Waals surface area contributed by atoms with E-state index in [1.807, 2.05) is 4.90 Å². The molecule has 2 aromatic carbocycles. The number of fused-ring (bicyclic) bond motifs is 7. The molecule has 0 bridgehead atoms. The van der Waals surface area contributed by atoms with Gasteiger partial charge in [-0.1, -0.05) is 23.2 Å². The van der Waals surface area contributed by atoms with E-state index in [9.17, 15) is 18.8 Å². The predicted molar refractivity (Wildman–Crippen MR) is 112 cm³/mol. The van der Waals surface area contributed by atoms with Crippen LogP contribution in [0.2, 0.25) is 10.0 Å². The van der Waals surface area contributed by atoms with Gasteiger partial charge in [-0.05, 0) is 55.8 Å². The van der Waals surface area contributed by atoms with Crippen molar-refractivity contribution in [3.05, 3.63) is 57.8 Å². The molecule has 2 aromatic rings. The first-order chi connectivity index (χ1) is 14.9. The van der Waals surface area contributed by atoms with Gasteiger partial charge in [0.15, 0.2) is 0 Å². The molecule has 4 atom stereocenters. The fourth-order valence-electron chi connectivity index (χ4n) is 6.05. The fourth-order valence-corrected chi connectivity index (χ4v) is 6.35. The molecule has 4 heterocycles. The number of rotatable bonds is 1. The molecule has 3 amide bonds. The quantitative estimate of drug-likeness (QED) is 0.661. The summed E-state index contributed by atoms with van der Waals surface area (Å²) in [6, 6.07) is 8.38. The Morgan fingerprint density at radius 1 is 1.03 bits per heavy atom. The number of carbonyl (C=O) groups is 3. The van der Waals surface area contributed by atoms with Gasteiger partial charge in [-0.2, -0.15) is 0 Å². The summed E-state index contributed by atoms with van der Waals surface area (Å²) in [4.78, 5) is 43.8. The Labute approximate surface area is 186 Å². The Bertz CT molecular complexity index is 1200. The maximum absolute atomic E-state index is 14.3. The van der Waals surface area contributed by atoms with Crippen LogP contribution >= 0.6 is 23.2 Å². The van der Waals surface area contributed by atoms with Crippen LogP contribution in [-0.2, 0) is 19.9 Å². The molecule has 31 heavy (non-hydrogen) atoms. The molecule has 1 spiro atoms. The highest BCUT2D eigenvalue weighted by molar-refractivity contribution is 6.42. The molecular formula is C22H16Cl2FN3O3. The summed E-state index contributed by atoms with van der Waals surface area (Å²) >= 11 is 12.1. The summed E-state index contributed by atoms with van der Waals surface area (Å²) in [6.45, 7) is 0.564. The molecule has 3 saturated heterocycles. The second-order valence-corrected chi connectivity index (χ2v) is 9.24. The summed E-state index contributed by atoms with van der Waals surface area (Å²) in [5.41, 5.74) is -0.183. The largest absolute Gasteiger partial charge is 0.324 e. The summed E-state index contributed by atoms with van der Waals surface area (Å²) < 4.78 is 14.3. The minimum Gasteiger partial charge on any atom is -0.324 e. The van der Waals surface area contributed by atoms with E-state index < -0.39 is 29.1 Å². The number of nitrogens with zero attached hydrogens (tertiary/aromatic N) is 2. The normalized spacial score (nSPS) is 31.4. The van der Waals surface area contributed by atoms with E-state index >= 15 is 0 Å². The fraction of sp³-hybridized carbons (Fsp3) is 0.318. The van der Waals surface area contributed by atoms with Gasteiger partial charge in [0, 0.05) is 17.3 Å². The van der Waals surface area contributed by atoms with Gasteiger partial charge in [0.25, 0.3) is 0 Å². The van der Waals surface area contributed by atoms with Crippen molar-refractivity contribution < 1.29 is 18.8 Å². The summed E-state index contributed by atoms with van der Waals surface area (Å²) in [6.07, 6.45) is 1.48. The summed E-state index contributed by atoms with van der Waals surface area (Å²) in [5.74, 6) is -3.35. The Balaban J connectivity index is 1.56. The average molecular weight is 460 g/mol. The van der Waals surface area contributed by atoms with E-state index in [4.69, 9.17) is 23.2 Å². The second-order valence-electron chi connectivity index (χ2n) is 8.43. The number of anilines is 2. The van der Waals surface area contributed by atoms with Crippen LogP contribution < -0.4 is 10.2 Å². The SMILES string of the molecule is O=C1[C@H]2[C@@H](C(=O)N1c1ccc(Cl)c(Cl)c1)[C@]1(C(=O)Nc3ccc(F)cc31)N1CCC[C@@H]21. The lowest BCUT2D eigenvalue weighted by Crippen LogP contribution is -2.54. The van der Waals surface area contributed by atoms with Crippen LogP contribution in [-0.4, -0.2) is 35.2 Å². The standard InChI is InChI=1S/C22H16Cl2FN3O3/c23-13-5-4-11(9-14(13)24)28-19(29)17-16-2-1-7-27(16)22(18(17)20(28)30)12-8-10(25)3-6-15(12)26-21(22)31/h3-6,8-9,16-18H,1-2,7H2,(H,26,31)/t16-,17+,18-,22+/m0/s1. The molecule has 6 nitrogen and oxygen atoms in total. The zero-order chi connectivity index (χ0) is 21.7. The third-order valence-corrected chi connectivity index (χ3v) is 7.86. The van der Waals surface area contributed by atoms with Gasteiger partial charge in [0.2, 0.25) is 17.7 Å². The Hall–Kier alpha value is -2.48. The molecule has 0 radical (unpaired) electrons. The molecule has 6 rings (SSSR count). The van der Waals surface area contributed by atoms with Gasteiger partial charge in [0.1, 0.15) is 11.4 Å². The monoisotopic (exact) mass is 459 g/mol. The van der Waals surface area contributed by atoms with Crippen LogP contribution in [0.5, 0.6) is 0 Å². The van der Waals surface area contributed by atoms with Crippen LogP contribution in [0.15, 0.2) is 36.4 Å². The first-order valence-electron chi connectivity index (χ1n) is 10.1. The number of benzene rings is 2. The molecule has 4 aliphatic rings. The lowest BCUT2D eigenvalue weighted by Gasteiger charge is -2.36. The molecule has 0 aromatic heterocycles. The van der Waals surface area contributed by atoms with Crippen molar-refractivity contribution in [2.24, 2.45) is 11.8 Å². The van der Waals surface area contributed by atoms with Crippen molar-refractivity contribution in [1.82, 2.24) is 4.90 Å². The van der Waals surface area contributed by atoms with Gasteiger partial charge >= 0.3 is 0 Å². The van der Waals surface area contributed by atoms with Gasteiger partial charge in [-0.15, -0.1) is 0 Å². The molecule has 3 fully saturated rings. The molecule has 4 aliphatic heterocycles. The maximum atomic E-state index is 14.3. The molecule has 0 unspecified atom stereocenters. The highest BCUT2D eigenvalue weighted by Gasteiger charge is 2.74. The van der Waals surface area contributed by atoms with Crippen LogP contribution in [0.3, 0.4) is 0 Å². The van der Waals surface area contributed by atoms with E-state index in [1.54, 1.807) is 6.07 Å². The Kier molecular flexibility index (Phi) is 3.89. The van der Waals surface area contributed by atoms with E-state index in [-0.39, 0.29) is 22.9 Å². The van der Waals surface area contributed by atoms with Crippen LogP contribution in [0.1, 0.15) is 18.4 Å². The number of hydrogen-bond donors (Lipinski definition) is 1. The van der Waals surface area contributed by atoms with Gasteiger partial charge in [-0.25, -0.2) is 9.29 Å². The third-order valence-electron chi connectivity index (χ3n) is 7.12. The number of hydrogen-bond acceptors (Lipinski definition) is 4. The van der Waals surface area contributed by atoms with Gasteiger partial charge in [-0.3, -0.25) is 19.3 Å². The number of halogens is 3. The lowest BCUT2D eigenvalue weighted by molar-refractivity contribution is -0.135. The number of nitrogens with one attached hydrogen (secondary N) is 1. The third kappa shape index (κ3) is 2.24. The molecule has 1 N–H and O–H groups in total. The molecule has 0 saturated carbocycles. The Morgan fingerprint density at radius 2 is 1.84 bits per heavy atom. The van der Waals surface area contributed by atoms with Crippen molar-refractivity contribution >= 4 is 52.3 Å². The van der Waals surface area contributed by atoms with Crippen molar-refractivity contribution in [3.8, 4) is 0 Å². The van der Waals surface area contributed by atoms with Crippen molar-refractivity contribution in [3.63, 3.8) is 0 Å². The Morgan fingerprint density at radius 3 is 2.61 bits per heavy atom. The van der Waals surface area contributed by atoms with Crippen LogP contribution in [0.4, 0.5) is 15.8 Å². The first-order valence-corrected chi connectivity index (χ1v) is 10.8. The maximum Gasteiger partial charge on any atom is 0.250 e. The predicted octanol–water partition coefficient (Wildman–Crippen LogP) is 3.56. The van der Waals surface area contributed by atoms with Crippen molar-refractivity contribution in [2.75, 3.05) is 16.8 Å². The van der Waals surface area contributed by atoms with E-state index in [0.29, 0.717) is 34.9 Å². The van der Waals surface area contributed by atoms with E-state index in [1.165, 1.54) is 30.3 Å². The van der Waals surface area contributed by atoms with E-state index in [0.717, 1.165) is 11.3 Å². The highest BCUT2D eigenvalue weighted by Crippen LogP contribution is 2.60. The van der Waals surface area contributed by atoms with Crippen LogP contribution in [0.25, 0.3) is 0 Å². The molecule has 9 heteroatoms. The molecular weight excluding hydrogens is 444 g/mol. The number of carbonyl (C=O) groups excluding carboxylic acids is 3. The molecule has 158 valence electrons. The second kappa shape index (κ2) is 6.28. The summed E-state index contributed by atoms with van der Waals surface area (Å²) in [7, 11) is 0. The van der Waals surface area contributed by atoms with Gasteiger partial charge < -0.3 is 5.32 Å². The lowest BCUT2D eigenvalue weighted by atomic mass is 9.75. The zero-order valence-corrected chi connectivity index (χ0v) is 17.6. The number of imide groups is 1. The smallest absolute Gasteiger partial charge is 0.250 e. The van der Waals surface area contributed by atoms with Crippen molar-refractivity contribution in [1.29, 1.82) is 0 Å². The minimum absolute atomic E-state index is 0.222. The highest BCUT2D eigenvalue weighted by atomic mass is 35.5. The zero-order valence-electron chi connectivity index (χ0n) is 16.1. The van der Waals surface area contributed by atoms with Gasteiger partial charge in [0.05, 0.1) is 27.6 Å². The topological polar surface area (TPSA) is 69.7 Å². The minimum atomic E-state index is -1.40. The van der Waals surface area contributed by atoms with Crippen molar-refractivity contribution in [2.45, 2.75) is 24.4 Å². The molecule has 0 aliphatic carbocycles.